The Hall–Kier alpha value is -7.83. The Morgan fingerprint density at radius 1 is 0.598 bits per heavy atom. The van der Waals surface area contributed by atoms with Crippen molar-refractivity contribution in [1.82, 2.24) is 21.3 Å². The second-order valence-electron chi connectivity index (χ2n) is 24.4. The second-order valence-corrected chi connectivity index (χ2v) is 26.0. The lowest BCUT2D eigenvalue weighted by molar-refractivity contribution is -0.147. The minimum Gasteiger partial charge on any atom is -0.479 e. The first-order chi connectivity index (χ1) is 41.1. The molecule has 0 saturated carbocycles. The number of nitrogens with one attached hydrogen (secondary N) is 4. The average Bonchev–Trinajstić information content (AvgIpc) is 1.97. The van der Waals surface area contributed by atoms with Gasteiger partial charge in [0.2, 0.25) is 47.3 Å². The van der Waals surface area contributed by atoms with Crippen LogP contribution in [0.15, 0.2) is 100 Å². The van der Waals surface area contributed by atoms with Gasteiger partial charge in [0, 0.05) is 38.8 Å². The van der Waals surface area contributed by atoms with Crippen molar-refractivity contribution in [3.8, 4) is 0 Å². The van der Waals surface area contributed by atoms with Gasteiger partial charge in [-0.25, -0.2) is 4.79 Å². The monoisotopic (exact) mass is 1230 g/mol. The molecule has 87 heavy (non-hydrogen) atoms. The maximum absolute atomic E-state index is 13.9. The summed E-state index contributed by atoms with van der Waals surface area (Å²) in [5.74, 6) is -3.06. The molecule has 21 nitrogen and oxygen atoms in total. The molecule has 8 amide bonds. The van der Waals surface area contributed by atoms with Gasteiger partial charge in [-0.1, -0.05) is 82.3 Å². The molecule has 0 aliphatic carbocycles. The molecule has 10 N–H and O–H groups in total. The van der Waals surface area contributed by atoms with Crippen molar-refractivity contribution in [2.75, 3.05) is 32.7 Å². The van der Waals surface area contributed by atoms with E-state index in [9.17, 15) is 43.2 Å². The summed E-state index contributed by atoms with van der Waals surface area (Å²) < 4.78 is 0. The number of carboxylic acids is 1. The van der Waals surface area contributed by atoms with Gasteiger partial charge in [0.05, 0.1) is 46.9 Å². The van der Waals surface area contributed by atoms with Gasteiger partial charge in [-0.3, -0.25) is 38.4 Å². The number of hydrogen-bond acceptors (Lipinski definition) is 14. The van der Waals surface area contributed by atoms with Crippen LogP contribution in [0.1, 0.15) is 128 Å². The zero-order chi connectivity index (χ0) is 63.5. The number of aliphatic hydroxyl groups is 1. The molecule has 5 atom stereocenters. The maximum Gasteiger partial charge on any atom is 0.337 e. The third kappa shape index (κ3) is 17.2. The van der Waals surface area contributed by atoms with Crippen molar-refractivity contribution < 1.29 is 53.4 Å². The van der Waals surface area contributed by atoms with Gasteiger partial charge in [-0.2, -0.15) is 22.7 Å². The molecule has 2 aromatic heterocycles. The minimum absolute atomic E-state index is 0.0480. The van der Waals surface area contributed by atoms with Crippen LogP contribution in [0.25, 0.3) is 0 Å². The van der Waals surface area contributed by atoms with Crippen LogP contribution in [0, 0.1) is 11.8 Å². The number of amides is 8. The lowest BCUT2D eigenvalue weighted by Crippen LogP contribution is -2.59. The fourth-order valence-electron chi connectivity index (χ4n) is 10.6. The van der Waals surface area contributed by atoms with Crippen molar-refractivity contribution >= 4 is 98.6 Å². The predicted octanol–water partition coefficient (Wildman–Crippen LogP) is 6.24. The highest BCUT2D eigenvalue weighted by Crippen LogP contribution is 2.42. The highest BCUT2D eigenvalue weighted by Gasteiger charge is 2.42. The molecule has 466 valence electrons. The van der Waals surface area contributed by atoms with Gasteiger partial charge in [0.1, 0.15) is 24.2 Å². The van der Waals surface area contributed by atoms with E-state index in [-0.39, 0.29) is 35.5 Å². The molecule has 4 aliphatic heterocycles. The summed E-state index contributed by atoms with van der Waals surface area (Å²) in [7, 11) is 0. The number of carboxylic acid groups (broad SMARTS) is 1. The third-order valence-electron chi connectivity index (χ3n) is 15.1. The number of carbonyl (C=O) groups excluding carboxylic acids is 8. The van der Waals surface area contributed by atoms with E-state index in [1.807, 2.05) is 97.7 Å². The van der Waals surface area contributed by atoms with E-state index >= 15 is 0 Å². The minimum atomic E-state index is -1.41. The number of nitrogens with two attached hydrogens (primary N) is 2. The van der Waals surface area contributed by atoms with Crippen LogP contribution in [0.5, 0.6) is 0 Å². The number of hydrogen-bond donors (Lipinski definition) is 8. The Morgan fingerprint density at radius 3 is 1.32 bits per heavy atom. The van der Waals surface area contributed by atoms with Crippen LogP contribution in [-0.2, 0) is 69.1 Å². The molecule has 0 spiro atoms. The van der Waals surface area contributed by atoms with Gasteiger partial charge < -0.3 is 62.5 Å². The summed E-state index contributed by atoms with van der Waals surface area (Å²) in [6.07, 6.45) is 2.53. The number of nitrogens with zero attached hydrogens (tertiary/aromatic N) is 4. The quantitative estimate of drug-likeness (QED) is 0.0429. The topological polar surface area (TPSA) is 307 Å². The fourth-order valence-corrected chi connectivity index (χ4v) is 12.0. The first-order valence-corrected chi connectivity index (χ1v) is 31.3. The van der Waals surface area contributed by atoms with Gasteiger partial charge >= 0.3 is 5.97 Å². The van der Waals surface area contributed by atoms with E-state index in [1.165, 1.54) is 0 Å². The number of aliphatic hydroxyl groups excluding tert-OH is 1. The molecule has 4 aliphatic rings. The molecule has 3 unspecified atom stereocenters. The summed E-state index contributed by atoms with van der Waals surface area (Å²) in [5, 5.41) is 36.6. The Labute approximate surface area is 516 Å². The molecule has 2 fully saturated rings. The van der Waals surface area contributed by atoms with Gasteiger partial charge in [0.25, 0.3) is 0 Å². The summed E-state index contributed by atoms with van der Waals surface area (Å²) in [6.45, 7) is 16.1. The van der Waals surface area contributed by atoms with Crippen LogP contribution in [0.3, 0.4) is 0 Å². The van der Waals surface area contributed by atoms with E-state index in [0.29, 0.717) is 70.3 Å². The lowest BCUT2D eigenvalue weighted by Gasteiger charge is -2.37. The number of benzene rings is 3. The van der Waals surface area contributed by atoms with Gasteiger partial charge in [0.15, 0.2) is 6.10 Å². The largest absolute Gasteiger partial charge is 0.479 e. The zero-order valence-electron chi connectivity index (χ0n) is 50.7. The number of rotatable bonds is 20. The Kier molecular flexibility index (Phi) is 22.4. The fraction of sp³-hybridized carbons (Fsp3) is 0.453. The summed E-state index contributed by atoms with van der Waals surface area (Å²) in [5.41, 5.74) is 16.6. The first kappa shape index (κ1) is 66.7. The number of aliphatic carboxylic acids is 1. The van der Waals surface area contributed by atoms with Crippen LogP contribution in [-0.4, -0.2) is 112 Å². The first-order valence-electron chi connectivity index (χ1n) is 29.4. The van der Waals surface area contributed by atoms with Crippen LogP contribution in [0.2, 0.25) is 0 Å². The predicted molar refractivity (Wildman–Crippen MR) is 337 cm³/mol. The molecule has 3 aromatic carbocycles. The third-order valence-corrected chi connectivity index (χ3v) is 16.6. The molecule has 0 bridgehead atoms. The van der Waals surface area contributed by atoms with Crippen LogP contribution < -0.4 is 52.3 Å². The van der Waals surface area contributed by atoms with Crippen LogP contribution in [0.4, 0.5) is 22.7 Å². The molecule has 0 radical (unpaired) electrons. The van der Waals surface area contributed by atoms with E-state index in [0.717, 1.165) is 57.8 Å². The number of carbonyl (C=O) groups is 9. The van der Waals surface area contributed by atoms with E-state index in [2.05, 4.69) is 21.3 Å². The highest BCUT2D eigenvalue weighted by molar-refractivity contribution is 7.08. The SMILES string of the molecule is CC(C)C[C@@H](NC(=O)C(C)(C)N)C(=O)NC1Cc2cccc(N3CCCC3=O)c2N(Cc2ccsc2)C1=O.CC(C)C[C@@H](NC(=O)C(C)(C)N)C(=O)NC1Cc2cccc(N3CCCC3=O)c2N(Cc2ccsc2)C1=O.O=C(O)C(O)c1ccccc1. The highest BCUT2D eigenvalue weighted by atomic mass is 32.1. The number of anilines is 4. The number of para-hydroxylation sites is 2. The molecule has 23 heteroatoms. The second kappa shape index (κ2) is 29.2. The molecule has 2 saturated heterocycles. The molecule has 6 heterocycles. The lowest BCUT2D eigenvalue weighted by atomic mass is 9.94. The molecular formula is C64H82N10O11S2. The molecule has 9 rings (SSSR count). The van der Waals surface area contributed by atoms with Crippen molar-refractivity contribution in [2.45, 2.75) is 161 Å². The summed E-state index contributed by atoms with van der Waals surface area (Å²) >= 11 is 3.09. The standard InChI is InChI=1S/2C28H37N5O4S.C8H8O3/c2*1-17(2)13-20(31-27(37)28(3,4)29)25(35)30-21-14-19-7-5-8-22(32-11-6-9-23(32)34)24(19)33(26(21)36)15-18-10-12-38-16-18;9-7(8(10)11)6-4-2-1-3-5-6/h2*5,7-8,10,12,16-17,20-21H,6,9,11,13-15,29H2,1-4H3,(H,30,35)(H,31,37);1-5,7,9H,(H,10,11)/t2*20-,21?;/m11./s1. The zero-order valence-corrected chi connectivity index (χ0v) is 52.3. The molecular weight excluding hydrogens is 1150 g/mol. The number of thiophene rings is 2. The average molecular weight is 1230 g/mol. The number of fused-ring (bicyclic) bond motifs is 2. The van der Waals surface area contributed by atoms with E-state index < -0.39 is 70.9 Å². The Morgan fingerprint density at radius 2 is 1.00 bits per heavy atom. The summed E-state index contributed by atoms with van der Waals surface area (Å²) in [6, 6.07) is 20.4. The Bertz CT molecular complexity index is 3080. The normalized spacial score (nSPS) is 17.8. The van der Waals surface area contributed by atoms with E-state index in [1.54, 1.807) is 100 Å². The van der Waals surface area contributed by atoms with Crippen molar-refractivity contribution in [3.05, 3.63) is 128 Å². The van der Waals surface area contributed by atoms with Crippen LogP contribution >= 0.6 is 22.7 Å². The molecule has 5 aromatic rings. The van der Waals surface area contributed by atoms with Crippen molar-refractivity contribution in [2.24, 2.45) is 23.3 Å². The summed E-state index contributed by atoms with van der Waals surface area (Å²) in [4.78, 5) is 122. The van der Waals surface area contributed by atoms with Crippen molar-refractivity contribution in [1.29, 1.82) is 0 Å². The Balaban J connectivity index is 0.000000211. The maximum atomic E-state index is 13.9. The smallest absolute Gasteiger partial charge is 0.337 e. The van der Waals surface area contributed by atoms with Crippen molar-refractivity contribution in [3.63, 3.8) is 0 Å². The van der Waals surface area contributed by atoms with Gasteiger partial charge in [-0.05, 0) is 139 Å². The van der Waals surface area contributed by atoms with Gasteiger partial charge in [-0.15, -0.1) is 0 Å². The van der Waals surface area contributed by atoms with E-state index in [4.69, 9.17) is 21.7 Å².